The molecule has 2 atom stereocenters. The average Bonchev–Trinajstić information content (AvgIpc) is 2.87. The Morgan fingerprint density at radius 1 is 1.33 bits per heavy atom. The Kier molecular flexibility index (Phi) is 5.12. The fourth-order valence-corrected chi connectivity index (χ4v) is 3.57. The molecule has 0 saturated heterocycles. The molecule has 0 heterocycles. The second-order valence-electron chi connectivity index (χ2n) is 5.24. The van der Waals surface area contributed by atoms with Crippen LogP contribution in [0, 0.1) is 6.92 Å². The van der Waals surface area contributed by atoms with E-state index < -0.39 is 5.97 Å². The number of nitrogens with one attached hydrogen (secondary N) is 2. The molecular formula is C15H20N2O3S. The molecule has 6 heteroatoms. The lowest BCUT2D eigenvalue weighted by atomic mass is 10.1. The third kappa shape index (κ3) is 3.91. The summed E-state index contributed by atoms with van der Waals surface area (Å²) >= 11 is 1.78. The van der Waals surface area contributed by atoms with Crippen molar-refractivity contribution in [2.75, 3.05) is 11.6 Å². The second kappa shape index (κ2) is 6.85. The zero-order valence-electron chi connectivity index (χ0n) is 12.2. The fourth-order valence-electron chi connectivity index (χ4n) is 2.64. The number of amides is 2. The molecule has 2 unspecified atom stereocenters. The highest BCUT2D eigenvalue weighted by Crippen LogP contribution is 2.28. The van der Waals surface area contributed by atoms with E-state index in [4.69, 9.17) is 5.11 Å². The minimum Gasteiger partial charge on any atom is -0.478 e. The van der Waals surface area contributed by atoms with E-state index in [2.05, 4.69) is 16.9 Å². The first kappa shape index (κ1) is 15.7. The summed E-state index contributed by atoms with van der Waals surface area (Å²) in [6.07, 6.45) is 5.30. The van der Waals surface area contributed by atoms with Crippen molar-refractivity contribution in [3.05, 3.63) is 29.3 Å². The number of carboxylic acids is 1. The van der Waals surface area contributed by atoms with Crippen LogP contribution in [0.2, 0.25) is 0 Å². The Morgan fingerprint density at radius 3 is 2.76 bits per heavy atom. The number of rotatable bonds is 4. The first-order valence-electron chi connectivity index (χ1n) is 6.95. The van der Waals surface area contributed by atoms with Gasteiger partial charge >= 0.3 is 12.0 Å². The number of thioether (sulfide) groups is 1. The highest BCUT2D eigenvalue weighted by molar-refractivity contribution is 7.99. The van der Waals surface area contributed by atoms with Gasteiger partial charge in [-0.05, 0) is 43.7 Å². The molecule has 2 rings (SSSR count). The Balaban J connectivity index is 1.99. The van der Waals surface area contributed by atoms with E-state index in [0.29, 0.717) is 16.5 Å². The highest BCUT2D eigenvalue weighted by Gasteiger charge is 2.27. The maximum absolute atomic E-state index is 12.0. The molecule has 1 aliphatic carbocycles. The fraction of sp³-hybridized carbons (Fsp3) is 0.467. The van der Waals surface area contributed by atoms with E-state index in [9.17, 15) is 9.59 Å². The van der Waals surface area contributed by atoms with E-state index in [1.165, 1.54) is 6.07 Å². The molecule has 5 nitrogen and oxygen atoms in total. The third-order valence-corrected chi connectivity index (χ3v) is 4.97. The predicted octanol–water partition coefficient (Wildman–Crippen LogP) is 3.10. The topological polar surface area (TPSA) is 78.4 Å². The van der Waals surface area contributed by atoms with Crippen LogP contribution in [-0.2, 0) is 0 Å². The van der Waals surface area contributed by atoms with Gasteiger partial charge in [0.15, 0.2) is 0 Å². The number of carbonyl (C=O) groups excluding carboxylic acids is 1. The van der Waals surface area contributed by atoms with Crippen molar-refractivity contribution in [1.82, 2.24) is 5.32 Å². The summed E-state index contributed by atoms with van der Waals surface area (Å²) in [6.45, 7) is 1.73. The quantitative estimate of drug-likeness (QED) is 0.798. The number of carboxylic acid groups (broad SMARTS) is 1. The highest BCUT2D eigenvalue weighted by atomic mass is 32.2. The maximum atomic E-state index is 12.0. The number of anilines is 1. The SMILES string of the molecule is CSC1CCCC1NC(=O)Nc1ccc(C)c(C(=O)O)c1. The molecule has 21 heavy (non-hydrogen) atoms. The molecule has 0 aliphatic heterocycles. The Labute approximate surface area is 128 Å². The van der Waals surface area contributed by atoms with Crippen LogP contribution in [0.25, 0.3) is 0 Å². The maximum Gasteiger partial charge on any atom is 0.336 e. The number of aromatic carboxylic acids is 1. The lowest BCUT2D eigenvalue weighted by molar-refractivity contribution is 0.0696. The number of aryl methyl sites for hydroxylation is 1. The van der Waals surface area contributed by atoms with Crippen molar-refractivity contribution < 1.29 is 14.7 Å². The smallest absolute Gasteiger partial charge is 0.336 e. The van der Waals surface area contributed by atoms with Gasteiger partial charge in [-0.25, -0.2) is 9.59 Å². The van der Waals surface area contributed by atoms with Crippen LogP contribution in [0.5, 0.6) is 0 Å². The number of benzene rings is 1. The lowest BCUT2D eigenvalue weighted by Gasteiger charge is -2.19. The van der Waals surface area contributed by atoms with Crippen LogP contribution < -0.4 is 10.6 Å². The van der Waals surface area contributed by atoms with Gasteiger partial charge in [-0.15, -0.1) is 0 Å². The molecule has 1 saturated carbocycles. The number of hydrogen-bond acceptors (Lipinski definition) is 3. The summed E-state index contributed by atoms with van der Waals surface area (Å²) in [4.78, 5) is 23.1. The first-order chi connectivity index (χ1) is 10.0. The Morgan fingerprint density at radius 2 is 2.10 bits per heavy atom. The lowest BCUT2D eigenvalue weighted by Crippen LogP contribution is -2.41. The molecule has 114 valence electrons. The van der Waals surface area contributed by atoms with E-state index in [1.807, 2.05) is 0 Å². The number of hydrogen-bond donors (Lipinski definition) is 3. The van der Waals surface area contributed by atoms with Gasteiger partial charge in [0.25, 0.3) is 0 Å². The Hall–Kier alpha value is -1.69. The van der Waals surface area contributed by atoms with Crippen molar-refractivity contribution in [1.29, 1.82) is 0 Å². The van der Waals surface area contributed by atoms with E-state index in [0.717, 1.165) is 19.3 Å². The van der Waals surface area contributed by atoms with Gasteiger partial charge in [0, 0.05) is 17.0 Å². The van der Waals surface area contributed by atoms with Crippen molar-refractivity contribution in [2.45, 2.75) is 37.5 Å². The van der Waals surface area contributed by atoms with Crippen LogP contribution in [0.15, 0.2) is 18.2 Å². The summed E-state index contributed by atoms with van der Waals surface area (Å²) in [5.41, 5.74) is 1.37. The van der Waals surface area contributed by atoms with Gasteiger partial charge in [0.1, 0.15) is 0 Å². The van der Waals surface area contributed by atoms with Crippen LogP contribution in [-0.4, -0.2) is 34.7 Å². The molecule has 2 amide bonds. The predicted molar refractivity (Wildman–Crippen MR) is 85.2 cm³/mol. The van der Waals surface area contributed by atoms with E-state index in [-0.39, 0.29) is 17.6 Å². The molecule has 3 N–H and O–H groups in total. The van der Waals surface area contributed by atoms with Gasteiger partial charge in [0.05, 0.1) is 5.56 Å². The van der Waals surface area contributed by atoms with Gasteiger partial charge in [-0.1, -0.05) is 12.5 Å². The van der Waals surface area contributed by atoms with E-state index in [1.54, 1.807) is 30.8 Å². The Bertz CT molecular complexity index is 548. The van der Waals surface area contributed by atoms with Crippen LogP contribution >= 0.6 is 11.8 Å². The van der Waals surface area contributed by atoms with Gasteiger partial charge < -0.3 is 15.7 Å². The minimum atomic E-state index is -0.991. The summed E-state index contributed by atoms with van der Waals surface area (Å²) in [7, 11) is 0. The van der Waals surface area contributed by atoms with Crippen LogP contribution in [0.4, 0.5) is 10.5 Å². The third-order valence-electron chi connectivity index (χ3n) is 3.80. The number of urea groups is 1. The standard InChI is InChI=1S/C15H20N2O3S/c1-9-6-7-10(8-11(9)14(18)19)16-15(20)17-12-4-3-5-13(12)21-2/h6-8,12-13H,3-5H2,1-2H3,(H,18,19)(H2,16,17,20). The second-order valence-corrected chi connectivity index (χ2v) is 6.32. The molecule has 0 bridgehead atoms. The zero-order chi connectivity index (χ0) is 15.4. The largest absolute Gasteiger partial charge is 0.478 e. The minimum absolute atomic E-state index is 0.185. The first-order valence-corrected chi connectivity index (χ1v) is 8.24. The van der Waals surface area contributed by atoms with Gasteiger partial charge in [0.2, 0.25) is 0 Å². The van der Waals surface area contributed by atoms with Crippen molar-refractivity contribution in [2.24, 2.45) is 0 Å². The van der Waals surface area contributed by atoms with Crippen molar-refractivity contribution in [3.63, 3.8) is 0 Å². The molecular weight excluding hydrogens is 288 g/mol. The molecule has 1 aliphatic rings. The normalized spacial score (nSPS) is 21.0. The van der Waals surface area contributed by atoms with Crippen molar-refractivity contribution >= 4 is 29.4 Å². The molecule has 1 fully saturated rings. The molecule has 1 aromatic carbocycles. The molecule has 0 aromatic heterocycles. The van der Waals surface area contributed by atoms with Crippen molar-refractivity contribution in [3.8, 4) is 0 Å². The summed E-state index contributed by atoms with van der Waals surface area (Å²) in [5, 5.41) is 15.2. The van der Waals surface area contributed by atoms with Gasteiger partial charge in [-0.2, -0.15) is 11.8 Å². The summed E-state index contributed by atoms with van der Waals surface area (Å²) in [6, 6.07) is 4.80. The van der Waals surface area contributed by atoms with Crippen LogP contribution in [0.1, 0.15) is 35.2 Å². The monoisotopic (exact) mass is 308 g/mol. The van der Waals surface area contributed by atoms with Gasteiger partial charge in [-0.3, -0.25) is 0 Å². The molecule has 1 aromatic rings. The van der Waals surface area contributed by atoms with E-state index >= 15 is 0 Å². The summed E-state index contributed by atoms with van der Waals surface area (Å²) in [5.74, 6) is -0.991. The molecule has 0 radical (unpaired) electrons. The summed E-state index contributed by atoms with van der Waals surface area (Å²) < 4.78 is 0. The average molecular weight is 308 g/mol. The zero-order valence-corrected chi connectivity index (χ0v) is 13.0. The molecule has 0 spiro atoms. The number of carbonyl (C=O) groups is 2. The van der Waals surface area contributed by atoms with Crippen LogP contribution in [0.3, 0.4) is 0 Å².